The standard InChI is InChI=1S/C12H16BrNO2/c1-8-11(6-7-16-8)12(15)14-10-4-2-9(13)3-5-10/h6-7,9-10H,2-5H2,1H3,(H,14,15). The molecular formula is C12H16BrNO2. The number of halogens is 1. The predicted octanol–water partition coefficient (Wildman–Crippen LogP) is 3.02. The van der Waals surface area contributed by atoms with Gasteiger partial charge in [0.25, 0.3) is 5.91 Å². The normalized spacial score (nSPS) is 25.4. The van der Waals surface area contributed by atoms with Crippen LogP contribution in [-0.4, -0.2) is 16.8 Å². The fraction of sp³-hybridized carbons (Fsp3) is 0.583. The van der Waals surface area contributed by atoms with E-state index in [4.69, 9.17) is 4.42 Å². The predicted molar refractivity (Wildman–Crippen MR) is 65.9 cm³/mol. The summed E-state index contributed by atoms with van der Waals surface area (Å²) in [6.07, 6.45) is 5.93. The quantitative estimate of drug-likeness (QED) is 0.849. The molecule has 0 unspecified atom stereocenters. The first-order valence-electron chi connectivity index (χ1n) is 5.66. The zero-order chi connectivity index (χ0) is 11.5. The van der Waals surface area contributed by atoms with Crippen molar-refractivity contribution < 1.29 is 9.21 Å². The Kier molecular flexibility index (Phi) is 3.69. The Morgan fingerprint density at radius 2 is 2.12 bits per heavy atom. The smallest absolute Gasteiger partial charge is 0.255 e. The summed E-state index contributed by atoms with van der Waals surface area (Å²) in [4.78, 5) is 12.5. The number of carbonyl (C=O) groups is 1. The van der Waals surface area contributed by atoms with Gasteiger partial charge in [0, 0.05) is 10.9 Å². The van der Waals surface area contributed by atoms with Gasteiger partial charge in [0.15, 0.2) is 0 Å². The number of carbonyl (C=O) groups excluding carboxylic acids is 1. The van der Waals surface area contributed by atoms with Crippen LogP contribution in [0.5, 0.6) is 0 Å². The van der Waals surface area contributed by atoms with Crippen molar-refractivity contribution in [2.45, 2.75) is 43.5 Å². The molecule has 4 heteroatoms. The molecule has 0 saturated heterocycles. The highest BCUT2D eigenvalue weighted by Gasteiger charge is 2.22. The molecule has 1 fully saturated rings. The average molecular weight is 286 g/mol. The summed E-state index contributed by atoms with van der Waals surface area (Å²) in [5.74, 6) is 0.677. The average Bonchev–Trinajstić information content (AvgIpc) is 2.68. The minimum absolute atomic E-state index is 0.00993. The zero-order valence-corrected chi connectivity index (χ0v) is 10.9. The largest absolute Gasteiger partial charge is 0.469 e. The summed E-state index contributed by atoms with van der Waals surface area (Å²) in [5, 5.41) is 3.06. The van der Waals surface area contributed by atoms with E-state index < -0.39 is 0 Å². The molecule has 1 aromatic heterocycles. The van der Waals surface area contributed by atoms with Crippen molar-refractivity contribution >= 4 is 21.8 Å². The zero-order valence-electron chi connectivity index (χ0n) is 9.33. The number of nitrogens with one attached hydrogen (secondary N) is 1. The van der Waals surface area contributed by atoms with Crippen molar-refractivity contribution in [3.63, 3.8) is 0 Å². The lowest BCUT2D eigenvalue weighted by Gasteiger charge is -2.25. The van der Waals surface area contributed by atoms with Gasteiger partial charge in [-0.1, -0.05) is 15.9 Å². The topological polar surface area (TPSA) is 42.2 Å². The Morgan fingerprint density at radius 1 is 1.44 bits per heavy atom. The molecule has 1 amide bonds. The van der Waals surface area contributed by atoms with Crippen molar-refractivity contribution in [3.8, 4) is 0 Å². The summed E-state index contributed by atoms with van der Waals surface area (Å²) in [7, 11) is 0. The van der Waals surface area contributed by atoms with Crippen molar-refractivity contribution in [1.82, 2.24) is 5.32 Å². The molecule has 0 radical (unpaired) electrons. The number of hydrogen-bond donors (Lipinski definition) is 1. The molecule has 1 aromatic rings. The van der Waals surface area contributed by atoms with Crippen LogP contribution in [0.15, 0.2) is 16.7 Å². The second kappa shape index (κ2) is 5.04. The van der Waals surface area contributed by atoms with E-state index in [9.17, 15) is 4.79 Å². The maximum absolute atomic E-state index is 11.9. The molecule has 3 nitrogen and oxygen atoms in total. The molecule has 0 spiro atoms. The Hall–Kier alpha value is -0.770. The van der Waals surface area contributed by atoms with Gasteiger partial charge in [0.1, 0.15) is 5.76 Å². The maximum atomic E-state index is 11.9. The Bertz CT molecular complexity index is 367. The Balaban J connectivity index is 1.91. The van der Waals surface area contributed by atoms with Crippen molar-refractivity contribution in [3.05, 3.63) is 23.7 Å². The van der Waals surface area contributed by atoms with Gasteiger partial charge in [-0.2, -0.15) is 0 Å². The molecule has 1 aliphatic carbocycles. The van der Waals surface area contributed by atoms with Gasteiger partial charge in [-0.3, -0.25) is 4.79 Å². The highest BCUT2D eigenvalue weighted by Crippen LogP contribution is 2.24. The monoisotopic (exact) mass is 285 g/mol. The second-order valence-corrected chi connectivity index (χ2v) is 5.61. The van der Waals surface area contributed by atoms with Crippen LogP contribution >= 0.6 is 15.9 Å². The number of alkyl halides is 1. The van der Waals surface area contributed by atoms with E-state index in [1.165, 1.54) is 0 Å². The summed E-state index contributed by atoms with van der Waals surface area (Å²) in [6.45, 7) is 1.81. The SMILES string of the molecule is Cc1occc1C(=O)NC1CCC(Br)CC1. The van der Waals surface area contributed by atoms with Gasteiger partial charge >= 0.3 is 0 Å². The Morgan fingerprint density at radius 3 is 2.69 bits per heavy atom. The minimum Gasteiger partial charge on any atom is -0.469 e. The summed E-state index contributed by atoms with van der Waals surface area (Å²) in [5.41, 5.74) is 0.654. The molecule has 88 valence electrons. The van der Waals surface area contributed by atoms with Crippen LogP contribution in [0.1, 0.15) is 41.8 Å². The third kappa shape index (κ3) is 2.67. The van der Waals surface area contributed by atoms with E-state index in [1.54, 1.807) is 12.3 Å². The van der Waals surface area contributed by atoms with Gasteiger partial charge in [-0.15, -0.1) is 0 Å². The third-order valence-electron chi connectivity index (χ3n) is 3.10. The van der Waals surface area contributed by atoms with Crippen LogP contribution in [0.3, 0.4) is 0 Å². The Labute approximate surface area is 104 Å². The fourth-order valence-electron chi connectivity index (χ4n) is 2.08. The first-order chi connectivity index (χ1) is 7.66. The highest BCUT2D eigenvalue weighted by molar-refractivity contribution is 9.09. The van der Waals surface area contributed by atoms with Gasteiger partial charge in [0.05, 0.1) is 11.8 Å². The van der Waals surface area contributed by atoms with E-state index in [0.29, 0.717) is 22.2 Å². The summed E-state index contributed by atoms with van der Waals surface area (Å²) in [6, 6.07) is 2.04. The lowest BCUT2D eigenvalue weighted by atomic mass is 9.95. The summed E-state index contributed by atoms with van der Waals surface area (Å²) < 4.78 is 5.12. The number of furan rings is 1. The molecule has 1 heterocycles. The van der Waals surface area contributed by atoms with Gasteiger partial charge in [-0.25, -0.2) is 0 Å². The molecule has 1 aliphatic rings. The molecule has 0 atom stereocenters. The van der Waals surface area contributed by atoms with Gasteiger partial charge in [-0.05, 0) is 38.7 Å². The van der Waals surface area contributed by atoms with E-state index >= 15 is 0 Å². The lowest BCUT2D eigenvalue weighted by molar-refractivity contribution is 0.0927. The van der Waals surface area contributed by atoms with Crippen LogP contribution in [-0.2, 0) is 0 Å². The number of hydrogen-bond acceptors (Lipinski definition) is 2. The van der Waals surface area contributed by atoms with Crippen molar-refractivity contribution in [2.75, 3.05) is 0 Å². The fourth-order valence-corrected chi connectivity index (χ4v) is 2.61. The molecule has 0 bridgehead atoms. The van der Waals surface area contributed by atoms with Crippen molar-refractivity contribution in [1.29, 1.82) is 0 Å². The van der Waals surface area contributed by atoms with Crippen LogP contribution in [0.2, 0.25) is 0 Å². The molecule has 16 heavy (non-hydrogen) atoms. The highest BCUT2D eigenvalue weighted by atomic mass is 79.9. The van der Waals surface area contributed by atoms with Crippen LogP contribution in [0.4, 0.5) is 0 Å². The maximum Gasteiger partial charge on any atom is 0.255 e. The molecule has 0 aliphatic heterocycles. The van der Waals surface area contributed by atoms with Gasteiger partial charge in [0.2, 0.25) is 0 Å². The van der Waals surface area contributed by atoms with Crippen molar-refractivity contribution in [2.24, 2.45) is 0 Å². The second-order valence-electron chi connectivity index (χ2n) is 4.31. The molecular weight excluding hydrogens is 270 g/mol. The molecule has 0 aromatic carbocycles. The third-order valence-corrected chi connectivity index (χ3v) is 4.01. The summed E-state index contributed by atoms with van der Waals surface area (Å²) >= 11 is 3.60. The lowest BCUT2D eigenvalue weighted by Crippen LogP contribution is -2.37. The molecule has 1 saturated carbocycles. The minimum atomic E-state index is -0.00993. The molecule has 1 N–H and O–H groups in total. The van der Waals surface area contributed by atoms with E-state index in [1.807, 2.05) is 6.92 Å². The molecule has 2 rings (SSSR count). The number of rotatable bonds is 2. The van der Waals surface area contributed by atoms with Crippen LogP contribution in [0, 0.1) is 6.92 Å². The first-order valence-corrected chi connectivity index (χ1v) is 6.57. The number of amides is 1. The van der Waals surface area contributed by atoms with E-state index in [-0.39, 0.29) is 5.91 Å². The van der Waals surface area contributed by atoms with Gasteiger partial charge < -0.3 is 9.73 Å². The van der Waals surface area contributed by atoms with E-state index in [2.05, 4.69) is 21.2 Å². The number of aryl methyl sites for hydroxylation is 1. The van der Waals surface area contributed by atoms with Crippen LogP contribution in [0.25, 0.3) is 0 Å². The van der Waals surface area contributed by atoms with E-state index in [0.717, 1.165) is 25.7 Å². The first kappa shape index (κ1) is 11.7. The van der Waals surface area contributed by atoms with Crippen LogP contribution < -0.4 is 5.32 Å².